The van der Waals surface area contributed by atoms with Crippen LogP contribution in [0.4, 0.5) is 0 Å². The minimum Gasteiger partial charge on any atom is -0.508 e. The summed E-state index contributed by atoms with van der Waals surface area (Å²) in [4.78, 5) is 66.6. The van der Waals surface area contributed by atoms with Gasteiger partial charge in [-0.1, -0.05) is 83.0 Å². The summed E-state index contributed by atoms with van der Waals surface area (Å²) < 4.78 is 0. The molecular weight excluding hydrogens is 626 g/mol. The summed E-state index contributed by atoms with van der Waals surface area (Å²) in [6.07, 6.45) is 2.72. The number of phenols is 1. The highest BCUT2D eigenvalue weighted by Gasteiger charge is 2.34. The zero-order valence-corrected chi connectivity index (χ0v) is 29.1. The van der Waals surface area contributed by atoms with Gasteiger partial charge in [0.2, 0.25) is 29.5 Å². The Kier molecular flexibility index (Phi) is 17.3. The van der Waals surface area contributed by atoms with Gasteiger partial charge in [0.15, 0.2) is 0 Å². The largest absolute Gasteiger partial charge is 0.508 e. The van der Waals surface area contributed by atoms with Crippen LogP contribution in [0.15, 0.2) is 54.6 Å². The fraction of sp³-hybridized carbons (Fsp3) is 0.528. The number of carbonyl (C=O) groups is 5. The zero-order valence-electron chi connectivity index (χ0n) is 29.1. The van der Waals surface area contributed by atoms with Crippen LogP contribution in [0.1, 0.15) is 70.9 Å². The van der Waals surface area contributed by atoms with Gasteiger partial charge in [0.05, 0.1) is 6.04 Å². The first-order valence-electron chi connectivity index (χ1n) is 17.0. The molecule has 5 amide bonds. The van der Waals surface area contributed by atoms with Crippen LogP contribution in [-0.4, -0.2) is 71.4 Å². The van der Waals surface area contributed by atoms with E-state index >= 15 is 0 Å². The van der Waals surface area contributed by atoms with Gasteiger partial charge in [0.1, 0.15) is 29.9 Å². The topological polar surface area (TPSA) is 232 Å². The van der Waals surface area contributed by atoms with Crippen molar-refractivity contribution in [1.29, 1.82) is 0 Å². The Hall–Kier alpha value is -4.49. The Labute approximate surface area is 289 Å². The van der Waals surface area contributed by atoms with Crippen LogP contribution in [0.2, 0.25) is 0 Å². The van der Waals surface area contributed by atoms with Crippen molar-refractivity contribution in [2.24, 2.45) is 29.0 Å². The lowest BCUT2D eigenvalue weighted by atomic mass is 9.95. The van der Waals surface area contributed by atoms with Crippen LogP contribution in [0.5, 0.6) is 5.75 Å². The second-order valence-corrected chi connectivity index (χ2v) is 13.0. The van der Waals surface area contributed by atoms with E-state index in [1.165, 1.54) is 12.1 Å². The summed E-state index contributed by atoms with van der Waals surface area (Å²) in [6.45, 7) is 7.95. The Morgan fingerprint density at radius 2 is 1.24 bits per heavy atom. The minimum absolute atomic E-state index is 0.0431. The number of nitrogens with two attached hydrogens (primary N) is 3. The minimum atomic E-state index is -1.14. The number of phenolic OH excluding ortho intramolecular Hbond substituents is 1. The van der Waals surface area contributed by atoms with Gasteiger partial charge in [-0.15, -0.1) is 0 Å². The molecule has 0 aliphatic carbocycles. The van der Waals surface area contributed by atoms with E-state index in [0.29, 0.717) is 44.2 Å². The van der Waals surface area contributed by atoms with Gasteiger partial charge in [-0.05, 0) is 60.9 Å². The van der Waals surface area contributed by atoms with Crippen LogP contribution < -0.4 is 38.5 Å². The van der Waals surface area contributed by atoms with Gasteiger partial charge in [0, 0.05) is 12.8 Å². The summed E-state index contributed by atoms with van der Waals surface area (Å²) in [6, 6.07) is 10.2. The predicted octanol–water partition coefficient (Wildman–Crippen LogP) is 1.15. The monoisotopic (exact) mass is 681 g/mol. The molecule has 6 atom stereocenters. The molecule has 0 saturated carbocycles. The van der Waals surface area contributed by atoms with Crippen molar-refractivity contribution in [2.75, 3.05) is 6.54 Å². The first-order valence-corrected chi connectivity index (χ1v) is 17.0. The number of aromatic hydroxyl groups is 1. The van der Waals surface area contributed by atoms with Crippen molar-refractivity contribution in [1.82, 2.24) is 21.3 Å². The lowest BCUT2D eigenvalue weighted by Gasteiger charge is -2.29. The number of carbonyl (C=O) groups excluding carboxylic acids is 5. The number of nitrogens with one attached hydrogen (secondary N) is 4. The predicted molar refractivity (Wildman–Crippen MR) is 189 cm³/mol. The molecule has 270 valence electrons. The Morgan fingerprint density at radius 3 is 1.78 bits per heavy atom. The van der Waals surface area contributed by atoms with Crippen LogP contribution in [0, 0.1) is 11.8 Å². The molecular formula is C36H55N7O6. The lowest BCUT2D eigenvalue weighted by Crippen LogP contribution is -2.60. The van der Waals surface area contributed by atoms with Crippen molar-refractivity contribution in [2.45, 2.75) is 103 Å². The fourth-order valence-corrected chi connectivity index (χ4v) is 5.26. The van der Waals surface area contributed by atoms with Crippen molar-refractivity contribution in [3.05, 3.63) is 65.7 Å². The van der Waals surface area contributed by atoms with Crippen LogP contribution in [-0.2, 0) is 36.8 Å². The van der Waals surface area contributed by atoms with Gasteiger partial charge in [0.25, 0.3) is 0 Å². The Balaban J connectivity index is 2.38. The standard InChI is InChI=1S/C36H55N7O6/c1-5-23(4)31(36(49)40-28(32(39)45)19-22(2)3)43-35(48)30(20-24-11-7-6-8-12-24)42-34(47)29(21-25-14-16-26(44)17-15-25)41-33(46)27(38)13-9-10-18-37/h6-8,11-12,14-17,22-23,27-31,44H,5,9-10,13,18-21,37-38H2,1-4H3,(H2,39,45)(H,40,49)(H,41,46)(H,42,47)(H,43,48)/t23-,27-,28-,29-,30-,31-/m1/s1. The number of hydrogen-bond acceptors (Lipinski definition) is 8. The molecule has 0 fully saturated rings. The molecule has 2 aromatic rings. The molecule has 2 rings (SSSR count). The highest BCUT2D eigenvalue weighted by atomic mass is 16.3. The average Bonchev–Trinajstić information content (AvgIpc) is 3.06. The first kappa shape index (κ1) is 40.7. The maximum Gasteiger partial charge on any atom is 0.243 e. The van der Waals surface area contributed by atoms with Gasteiger partial charge in [-0.25, -0.2) is 0 Å². The molecule has 11 N–H and O–H groups in total. The van der Waals surface area contributed by atoms with Gasteiger partial charge in [-0.3, -0.25) is 24.0 Å². The molecule has 0 heterocycles. The summed E-state index contributed by atoms with van der Waals surface area (Å²) in [5.74, 6) is -3.22. The van der Waals surface area contributed by atoms with E-state index in [0.717, 1.165) is 5.56 Å². The normalized spacial score (nSPS) is 14.8. The summed E-state index contributed by atoms with van der Waals surface area (Å²) in [7, 11) is 0. The molecule has 49 heavy (non-hydrogen) atoms. The van der Waals surface area contributed by atoms with E-state index in [9.17, 15) is 29.1 Å². The van der Waals surface area contributed by atoms with Crippen molar-refractivity contribution in [3.8, 4) is 5.75 Å². The van der Waals surface area contributed by atoms with Gasteiger partial charge < -0.3 is 43.6 Å². The highest BCUT2D eigenvalue weighted by molar-refractivity contribution is 5.96. The average molecular weight is 682 g/mol. The quantitative estimate of drug-likeness (QED) is 0.0889. The molecule has 0 spiro atoms. The number of unbranched alkanes of at least 4 members (excludes halogenated alkanes) is 1. The number of benzene rings is 2. The van der Waals surface area contributed by atoms with E-state index in [1.54, 1.807) is 31.2 Å². The van der Waals surface area contributed by atoms with Gasteiger partial charge in [-0.2, -0.15) is 0 Å². The zero-order chi connectivity index (χ0) is 36.5. The van der Waals surface area contributed by atoms with Gasteiger partial charge >= 0.3 is 0 Å². The molecule has 0 saturated heterocycles. The molecule has 0 radical (unpaired) electrons. The maximum atomic E-state index is 14.0. The van der Waals surface area contributed by atoms with E-state index in [1.807, 2.05) is 39.0 Å². The van der Waals surface area contributed by atoms with Crippen molar-refractivity contribution in [3.63, 3.8) is 0 Å². The number of amides is 5. The summed E-state index contributed by atoms with van der Waals surface area (Å²) in [5.41, 5.74) is 18.7. The van der Waals surface area contributed by atoms with E-state index in [2.05, 4.69) is 21.3 Å². The molecule has 0 unspecified atom stereocenters. The number of hydrogen-bond donors (Lipinski definition) is 8. The molecule has 0 bridgehead atoms. The summed E-state index contributed by atoms with van der Waals surface area (Å²) >= 11 is 0. The molecule has 0 aliphatic heterocycles. The van der Waals surface area contributed by atoms with Crippen LogP contribution >= 0.6 is 0 Å². The first-order chi connectivity index (χ1) is 23.2. The van der Waals surface area contributed by atoms with E-state index in [-0.39, 0.29) is 30.4 Å². The highest BCUT2D eigenvalue weighted by Crippen LogP contribution is 2.14. The van der Waals surface area contributed by atoms with Crippen molar-refractivity contribution < 1.29 is 29.1 Å². The maximum absolute atomic E-state index is 14.0. The molecule has 13 heteroatoms. The smallest absolute Gasteiger partial charge is 0.243 e. The second kappa shape index (κ2) is 20.8. The van der Waals surface area contributed by atoms with Crippen molar-refractivity contribution >= 4 is 29.5 Å². The summed E-state index contributed by atoms with van der Waals surface area (Å²) in [5, 5.41) is 20.8. The fourth-order valence-electron chi connectivity index (χ4n) is 5.26. The number of rotatable bonds is 21. The molecule has 0 aliphatic rings. The molecule has 0 aromatic heterocycles. The van der Waals surface area contributed by atoms with Crippen LogP contribution in [0.3, 0.4) is 0 Å². The van der Waals surface area contributed by atoms with E-state index < -0.39 is 59.7 Å². The molecule has 13 nitrogen and oxygen atoms in total. The lowest BCUT2D eigenvalue weighted by molar-refractivity contribution is -0.135. The van der Waals surface area contributed by atoms with Crippen LogP contribution in [0.25, 0.3) is 0 Å². The SMILES string of the molecule is CC[C@@H](C)[C@@H](NC(=O)[C@@H](Cc1ccccc1)NC(=O)[C@@H](Cc1ccc(O)cc1)NC(=O)[C@H](N)CCCCN)C(=O)N[C@H](CC(C)C)C(N)=O. The Morgan fingerprint density at radius 1 is 0.714 bits per heavy atom. The Bertz CT molecular complexity index is 1360. The third kappa shape index (κ3) is 14.3. The van der Waals surface area contributed by atoms with E-state index in [4.69, 9.17) is 17.2 Å². The molecule has 2 aromatic carbocycles. The third-order valence-corrected chi connectivity index (χ3v) is 8.39. The third-order valence-electron chi connectivity index (χ3n) is 8.39. The number of primary amides is 1. The second-order valence-electron chi connectivity index (χ2n) is 13.0.